The van der Waals surface area contributed by atoms with Crippen LogP contribution in [0, 0.1) is 6.92 Å². The molecule has 0 bridgehead atoms. The van der Waals surface area contributed by atoms with Gasteiger partial charge in [0.25, 0.3) is 0 Å². The van der Waals surface area contributed by atoms with Crippen molar-refractivity contribution in [3.05, 3.63) is 56.7 Å². The summed E-state index contributed by atoms with van der Waals surface area (Å²) in [7, 11) is 1.90. The van der Waals surface area contributed by atoms with Crippen LogP contribution in [0.5, 0.6) is 11.5 Å². The SMILES string of the molecule is Cc1cccc(-c2cc(=O)c3c(O)cc(O)c([C@H]4CCN(C)[C@@H]4CO)c3o2)c1Cl. The van der Waals surface area contributed by atoms with Crippen LogP contribution in [-0.2, 0) is 0 Å². The minimum atomic E-state index is -0.426. The number of phenols is 2. The molecule has 3 N–H and O–H groups in total. The van der Waals surface area contributed by atoms with Crippen LogP contribution >= 0.6 is 11.6 Å². The molecule has 2 atom stereocenters. The Morgan fingerprint density at radius 2 is 2.00 bits per heavy atom. The number of benzene rings is 2. The monoisotopic (exact) mass is 415 g/mol. The number of hydrogen-bond donors (Lipinski definition) is 3. The van der Waals surface area contributed by atoms with E-state index in [0.29, 0.717) is 22.6 Å². The van der Waals surface area contributed by atoms with Gasteiger partial charge in [-0.25, -0.2) is 0 Å². The van der Waals surface area contributed by atoms with Crippen molar-refractivity contribution in [3.63, 3.8) is 0 Å². The van der Waals surface area contributed by atoms with Gasteiger partial charge < -0.3 is 24.6 Å². The number of aromatic hydroxyl groups is 2. The molecule has 6 nitrogen and oxygen atoms in total. The van der Waals surface area contributed by atoms with Crippen molar-refractivity contribution in [1.29, 1.82) is 0 Å². The van der Waals surface area contributed by atoms with Crippen LogP contribution in [0.1, 0.15) is 23.5 Å². The summed E-state index contributed by atoms with van der Waals surface area (Å²) < 4.78 is 6.09. The van der Waals surface area contributed by atoms with Crippen LogP contribution in [0.25, 0.3) is 22.3 Å². The number of aliphatic hydroxyl groups is 1. The lowest BCUT2D eigenvalue weighted by Crippen LogP contribution is -2.32. The van der Waals surface area contributed by atoms with Crippen molar-refractivity contribution in [2.75, 3.05) is 20.2 Å². The molecule has 0 saturated carbocycles. The molecule has 1 fully saturated rings. The van der Waals surface area contributed by atoms with Gasteiger partial charge in [-0.15, -0.1) is 0 Å². The molecule has 29 heavy (non-hydrogen) atoms. The van der Waals surface area contributed by atoms with Crippen molar-refractivity contribution < 1.29 is 19.7 Å². The summed E-state index contributed by atoms with van der Waals surface area (Å²) >= 11 is 6.42. The van der Waals surface area contributed by atoms with Crippen molar-refractivity contribution in [3.8, 4) is 22.8 Å². The summed E-state index contributed by atoms with van der Waals surface area (Å²) in [6.07, 6.45) is 0.675. The molecule has 2 heterocycles. The van der Waals surface area contributed by atoms with Crippen LogP contribution in [0.4, 0.5) is 0 Å². The smallest absolute Gasteiger partial charge is 0.197 e. The Balaban J connectivity index is 2.03. The first kappa shape index (κ1) is 19.8. The fourth-order valence-electron chi connectivity index (χ4n) is 4.26. The lowest BCUT2D eigenvalue weighted by Gasteiger charge is -2.24. The van der Waals surface area contributed by atoms with E-state index in [4.69, 9.17) is 16.0 Å². The highest BCUT2D eigenvalue weighted by molar-refractivity contribution is 6.34. The van der Waals surface area contributed by atoms with Crippen molar-refractivity contribution >= 4 is 22.6 Å². The zero-order valence-electron chi connectivity index (χ0n) is 16.1. The minimum Gasteiger partial charge on any atom is -0.507 e. The van der Waals surface area contributed by atoms with Gasteiger partial charge in [-0.2, -0.15) is 0 Å². The predicted molar refractivity (Wildman–Crippen MR) is 112 cm³/mol. The van der Waals surface area contributed by atoms with E-state index in [1.165, 1.54) is 12.1 Å². The van der Waals surface area contributed by atoms with Crippen LogP contribution < -0.4 is 5.43 Å². The third-order valence-electron chi connectivity index (χ3n) is 5.84. The Hall–Kier alpha value is -2.54. The molecule has 152 valence electrons. The van der Waals surface area contributed by atoms with Crippen molar-refractivity contribution in [1.82, 2.24) is 4.90 Å². The number of aliphatic hydroxyl groups excluding tert-OH is 1. The lowest BCUT2D eigenvalue weighted by molar-refractivity contribution is 0.172. The van der Waals surface area contributed by atoms with E-state index < -0.39 is 5.43 Å². The van der Waals surface area contributed by atoms with Gasteiger partial charge in [-0.05, 0) is 38.6 Å². The summed E-state index contributed by atoms with van der Waals surface area (Å²) in [6, 6.07) is 7.66. The Kier molecular flexibility index (Phi) is 5.02. The average Bonchev–Trinajstić information content (AvgIpc) is 3.03. The zero-order valence-corrected chi connectivity index (χ0v) is 16.9. The number of likely N-dealkylation sites (N-methyl/N-ethyl adjacent to an activating group) is 1. The summed E-state index contributed by atoms with van der Waals surface area (Å²) in [6.45, 7) is 2.48. The average molecular weight is 416 g/mol. The minimum absolute atomic E-state index is 0.0107. The first-order chi connectivity index (χ1) is 13.8. The molecular formula is C22H22ClNO5. The van der Waals surface area contributed by atoms with Gasteiger partial charge in [0.1, 0.15) is 28.2 Å². The lowest BCUT2D eigenvalue weighted by atomic mass is 9.89. The molecule has 2 aromatic carbocycles. The first-order valence-corrected chi connectivity index (χ1v) is 9.80. The van der Waals surface area contributed by atoms with Crippen LogP contribution in [-0.4, -0.2) is 46.5 Å². The Morgan fingerprint density at radius 1 is 1.24 bits per heavy atom. The zero-order chi connectivity index (χ0) is 20.9. The Labute approximate surface area is 172 Å². The molecule has 0 radical (unpaired) electrons. The van der Waals surface area contributed by atoms with Crippen LogP contribution in [0.2, 0.25) is 5.02 Å². The molecule has 0 amide bonds. The molecule has 1 aliphatic heterocycles. The predicted octanol–water partition coefficient (Wildman–Crippen LogP) is 3.61. The van der Waals surface area contributed by atoms with Gasteiger partial charge in [-0.1, -0.05) is 23.7 Å². The molecule has 7 heteroatoms. The molecule has 0 aliphatic carbocycles. The molecule has 4 rings (SSSR count). The molecule has 1 aliphatic rings. The maximum absolute atomic E-state index is 12.9. The van der Waals surface area contributed by atoms with Gasteiger partial charge in [0.05, 0.1) is 11.6 Å². The summed E-state index contributed by atoms with van der Waals surface area (Å²) in [4.78, 5) is 14.9. The molecule has 1 saturated heterocycles. The van der Waals surface area contributed by atoms with Gasteiger partial charge in [-0.3, -0.25) is 4.79 Å². The second-order valence-electron chi connectivity index (χ2n) is 7.57. The summed E-state index contributed by atoms with van der Waals surface area (Å²) in [5.74, 6) is -0.498. The second-order valence-corrected chi connectivity index (χ2v) is 7.95. The normalized spacial score (nSPS) is 19.9. The fourth-order valence-corrected chi connectivity index (χ4v) is 4.48. The molecule has 3 aromatic rings. The number of nitrogens with zero attached hydrogens (tertiary/aromatic N) is 1. The van der Waals surface area contributed by atoms with E-state index in [-0.39, 0.29) is 46.8 Å². The van der Waals surface area contributed by atoms with E-state index in [1.807, 2.05) is 31.0 Å². The Bertz CT molecular complexity index is 1160. The van der Waals surface area contributed by atoms with E-state index >= 15 is 0 Å². The van der Waals surface area contributed by atoms with E-state index in [1.54, 1.807) is 6.07 Å². The highest BCUT2D eigenvalue weighted by atomic mass is 35.5. The van der Waals surface area contributed by atoms with E-state index in [0.717, 1.165) is 12.1 Å². The third-order valence-corrected chi connectivity index (χ3v) is 6.34. The van der Waals surface area contributed by atoms with Crippen molar-refractivity contribution in [2.45, 2.75) is 25.3 Å². The number of likely N-dealkylation sites (tertiary alicyclic amines) is 1. The second kappa shape index (κ2) is 7.37. The quantitative estimate of drug-likeness (QED) is 0.605. The topological polar surface area (TPSA) is 94.1 Å². The number of fused-ring (bicyclic) bond motifs is 1. The van der Waals surface area contributed by atoms with E-state index in [2.05, 4.69) is 0 Å². The maximum Gasteiger partial charge on any atom is 0.197 e. The van der Waals surface area contributed by atoms with Crippen LogP contribution in [0.15, 0.2) is 39.5 Å². The summed E-state index contributed by atoms with van der Waals surface area (Å²) in [5, 5.41) is 31.3. The van der Waals surface area contributed by atoms with Gasteiger partial charge >= 0.3 is 0 Å². The molecule has 0 unspecified atom stereocenters. The first-order valence-electron chi connectivity index (χ1n) is 9.42. The highest BCUT2D eigenvalue weighted by Gasteiger charge is 2.36. The fraction of sp³-hybridized carbons (Fsp3) is 0.318. The number of aryl methyl sites for hydroxylation is 1. The molecular weight excluding hydrogens is 394 g/mol. The molecule has 1 aromatic heterocycles. The third kappa shape index (κ3) is 3.17. The largest absolute Gasteiger partial charge is 0.507 e. The summed E-state index contributed by atoms with van der Waals surface area (Å²) in [5.41, 5.74) is 1.51. The van der Waals surface area contributed by atoms with Gasteiger partial charge in [0.15, 0.2) is 5.43 Å². The van der Waals surface area contributed by atoms with Crippen LogP contribution in [0.3, 0.4) is 0 Å². The standard InChI is InChI=1S/C22H22ClNO5/c1-11-4-3-5-13(21(11)23)18-9-17(28)20-16(27)8-15(26)19(22(20)29-18)12-6-7-24(2)14(12)10-25/h3-5,8-9,12,14,25-27H,6-7,10H2,1-2H3/t12-,14+/m0/s1. The number of hydrogen-bond acceptors (Lipinski definition) is 6. The van der Waals surface area contributed by atoms with Gasteiger partial charge in [0, 0.05) is 35.2 Å². The number of rotatable bonds is 3. The number of phenolic OH excluding ortho intramolecular Hbond substituents is 2. The highest BCUT2D eigenvalue weighted by Crippen LogP contribution is 2.44. The molecule has 0 spiro atoms. The Morgan fingerprint density at radius 3 is 2.72 bits per heavy atom. The van der Waals surface area contributed by atoms with E-state index in [9.17, 15) is 20.1 Å². The van der Waals surface area contributed by atoms with Crippen molar-refractivity contribution in [2.24, 2.45) is 0 Å². The van der Waals surface area contributed by atoms with Gasteiger partial charge in [0.2, 0.25) is 0 Å². The number of halogens is 1. The maximum atomic E-state index is 12.9.